The van der Waals surface area contributed by atoms with Crippen LogP contribution in [0.1, 0.15) is 11.1 Å². The van der Waals surface area contributed by atoms with Crippen molar-refractivity contribution in [2.24, 2.45) is 5.16 Å². The summed E-state index contributed by atoms with van der Waals surface area (Å²) < 4.78 is 19.3. The van der Waals surface area contributed by atoms with E-state index in [9.17, 15) is 4.39 Å². The lowest BCUT2D eigenvalue weighted by Crippen LogP contribution is -2.19. The van der Waals surface area contributed by atoms with Crippen LogP contribution in [0.4, 0.5) is 10.2 Å². The van der Waals surface area contributed by atoms with Crippen LogP contribution >= 0.6 is 0 Å². The van der Waals surface area contributed by atoms with Crippen molar-refractivity contribution in [3.05, 3.63) is 77.7 Å². The second kappa shape index (κ2) is 8.75. The lowest BCUT2D eigenvalue weighted by Gasteiger charge is -2.18. The van der Waals surface area contributed by atoms with Crippen molar-refractivity contribution in [2.45, 2.75) is 6.54 Å². The predicted molar refractivity (Wildman–Crippen MR) is 102 cm³/mol. The van der Waals surface area contributed by atoms with Gasteiger partial charge in [0.1, 0.15) is 5.75 Å². The normalized spacial score (nSPS) is 10.8. The van der Waals surface area contributed by atoms with Gasteiger partial charge in [-0.1, -0.05) is 47.6 Å². The second-order valence-corrected chi connectivity index (χ2v) is 5.76. The summed E-state index contributed by atoms with van der Waals surface area (Å²) in [7, 11) is 3.35. The van der Waals surface area contributed by atoms with Gasteiger partial charge >= 0.3 is 6.01 Å². The number of hydrogen-bond acceptors (Lipinski definition) is 6. The Hall–Kier alpha value is -3.48. The minimum atomic E-state index is -0.537. The van der Waals surface area contributed by atoms with E-state index in [1.165, 1.54) is 6.21 Å². The number of nitrogens with zero attached hydrogens (tertiary/aromatic N) is 4. The fraction of sp³-hybridized carbons (Fsp3) is 0.150. The molecule has 0 aliphatic carbocycles. The molecule has 0 amide bonds. The molecular weight excluding hydrogens is 347 g/mol. The number of halogens is 1. The van der Waals surface area contributed by atoms with E-state index in [-0.39, 0.29) is 11.8 Å². The summed E-state index contributed by atoms with van der Waals surface area (Å²) in [4.78, 5) is 14.8. The highest BCUT2D eigenvalue weighted by Gasteiger charge is 2.13. The molecule has 3 aromatic rings. The van der Waals surface area contributed by atoms with Gasteiger partial charge in [-0.15, -0.1) is 0 Å². The van der Waals surface area contributed by atoms with Gasteiger partial charge in [-0.05, 0) is 23.3 Å². The summed E-state index contributed by atoms with van der Waals surface area (Å²) in [6.45, 7) is 0.463. The lowest BCUT2D eigenvalue weighted by molar-refractivity contribution is 0.313. The number of aromatic nitrogens is 2. The van der Waals surface area contributed by atoms with Gasteiger partial charge in [0, 0.05) is 13.6 Å². The van der Waals surface area contributed by atoms with E-state index in [4.69, 9.17) is 9.57 Å². The Morgan fingerprint density at radius 3 is 2.56 bits per heavy atom. The van der Waals surface area contributed by atoms with Crippen LogP contribution in [0.2, 0.25) is 0 Å². The van der Waals surface area contributed by atoms with Crippen LogP contribution < -0.4 is 14.5 Å². The van der Waals surface area contributed by atoms with Gasteiger partial charge in [-0.2, -0.15) is 9.97 Å². The van der Waals surface area contributed by atoms with Crippen molar-refractivity contribution in [1.82, 2.24) is 9.97 Å². The van der Waals surface area contributed by atoms with Gasteiger partial charge in [-0.3, -0.25) is 0 Å². The van der Waals surface area contributed by atoms with Gasteiger partial charge in [-0.25, -0.2) is 4.39 Å². The molecule has 2 aromatic carbocycles. The zero-order chi connectivity index (χ0) is 19.1. The van der Waals surface area contributed by atoms with Crippen LogP contribution in [0.15, 0.2) is 65.9 Å². The Kier molecular flexibility index (Phi) is 5.94. The van der Waals surface area contributed by atoms with E-state index in [0.29, 0.717) is 6.54 Å². The molecule has 6 nitrogen and oxygen atoms in total. The minimum Gasteiger partial charge on any atom is -0.497 e. The molecule has 0 aliphatic rings. The summed E-state index contributed by atoms with van der Waals surface area (Å²) in [5.74, 6) is 0.359. The highest BCUT2D eigenvalue weighted by molar-refractivity contribution is 5.78. The van der Waals surface area contributed by atoms with Crippen LogP contribution in [0, 0.1) is 5.82 Å². The number of methoxy groups -OCH3 is 1. The number of rotatable bonds is 7. The molecule has 1 heterocycles. The molecule has 3 rings (SSSR count). The smallest absolute Gasteiger partial charge is 0.347 e. The monoisotopic (exact) mass is 366 g/mol. The average Bonchev–Trinajstić information content (AvgIpc) is 2.70. The van der Waals surface area contributed by atoms with E-state index < -0.39 is 5.82 Å². The molecule has 0 fully saturated rings. The fourth-order valence-electron chi connectivity index (χ4n) is 2.41. The first kappa shape index (κ1) is 18.3. The van der Waals surface area contributed by atoms with Crippen LogP contribution in [0.5, 0.6) is 11.8 Å². The maximum atomic E-state index is 14.1. The van der Waals surface area contributed by atoms with E-state index >= 15 is 0 Å². The van der Waals surface area contributed by atoms with Crippen molar-refractivity contribution in [1.29, 1.82) is 0 Å². The predicted octanol–water partition coefficient (Wildman–Crippen LogP) is 3.67. The van der Waals surface area contributed by atoms with E-state index in [2.05, 4.69) is 15.1 Å². The first-order valence-corrected chi connectivity index (χ1v) is 8.28. The van der Waals surface area contributed by atoms with Crippen LogP contribution in [0.3, 0.4) is 0 Å². The topological polar surface area (TPSA) is 59.8 Å². The molecule has 7 heteroatoms. The third-order valence-electron chi connectivity index (χ3n) is 3.78. The quantitative estimate of drug-likeness (QED) is 0.472. The Morgan fingerprint density at radius 1 is 1.11 bits per heavy atom. The summed E-state index contributed by atoms with van der Waals surface area (Å²) >= 11 is 0. The van der Waals surface area contributed by atoms with E-state index in [1.54, 1.807) is 19.1 Å². The Labute approximate surface area is 156 Å². The highest BCUT2D eigenvalue weighted by Crippen LogP contribution is 2.20. The van der Waals surface area contributed by atoms with Crippen LogP contribution in [0.25, 0.3) is 0 Å². The molecule has 0 N–H and O–H groups in total. The summed E-state index contributed by atoms with van der Waals surface area (Å²) in [6, 6.07) is 17.0. The van der Waals surface area contributed by atoms with E-state index in [1.807, 2.05) is 54.6 Å². The molecule has 0 atom stereocenters. The average molecular weight is 366 g/mol. The van der Waals surface area contributed by atoms with Crippen molar-refractivity contribution in [2.75, 3.05) is 19.1 Å². The highest BCUT2D eigenvalue weighted by atomic mass is 19.1. The molecule has 27 heavy (non-hydrogen) atoms. The summed E-state index contributed by atoms with van der Waals surface area (Å²) in [5, 5.41) is 3.84. The standard InChI is InChI=1S/C20H19FN4O2/c1-25(14-16-8-10-17(26-2)11-9-16)19-18(21)13-22-20(24-19)27-23-12-15-6-4-3-5-7-15/h3-13H,14H2,1-2H3. The van der Waals surface area contributed by atoms with Crippen LogP contribution in [-0.4, -0.2) is 30.3 Å². The second-order valence-electron chi connectivity index (χ2n) is 5.76. The zero-order valence-corrected chi connectivity index (χ0v) is 15.0. The molecule has 0 saturated heterocycles. The van der Waals surface area contributed by atoms with Crippen molar-refractivity contribution < 1.29 is 14.0 Å². The molecule has 0 saturated carbocycles. The molecule has 0 radical (unpaired) electrons. The summed E-state index contributed by atoms with van der Waals surface area (Å²) in [5.41, 5.74) is 1.86. The van der Waals surface area contributed by atoms with Crippen LogP contribution in [-0.2, 0) is 6.54 Å². The van der Waals surface area contributed by atoms with Gasteiger partial charge in [0.25, 0.3) is 0 Å². The Morgan fingerprint density at radius 2 is 1.85 bits per heavy atom. The van der Waals surface area contributed by atoms with Gasteiger partial charge in [0.15, 0.2) is 11.6 Å². The SMILES string of the molecule is COc1ccc(CN(C)c2nc(ON=Cc3ccccc3)ncc2F)cc1. The largest absolute Gasteiger partial charge is 0.497 e. The molecular formula is C20H19FN4O2. The van der Waals surface area contributed by atoms with Gasteiger partial charge in [0.2, 0.25) is 0 Å². The van der Waals surface area contributed by atoms with Crippen molar-refractivity contribution in [3.8, 4) is 11.8 Å². The first-order chi connectivity index (χ1) is 13.2. The molecule has 0 aliphatic heterocycles. The molecule has 1 aromatic heterocycles. The number of anilines is 1. The lowest BCUT2D eigenvalue weighted by atomic mass is 10.2. The third kappa shape index (κ3) is 5.01. The zero-order valence-electron chi connectivity index (χ0n) is 15.0. The van der Waals surface area contributed by atoms with E-state index in [0.717, 1.165) is 23.1 Å². The third-order valence-corrected chi connectivity index (χ3v) is 3.78. The molecule has 0 spiro atoms. The maximum Gasteiger partial charge on any atom is 0.347 e. The number of hydrogen-bond donors (Lipinski definition) is 0. The van der Waals surface area contributed by atoms with Crippen molar-refractivity contribution in [3.63, 3.8) is 0 Å². The van der Waals surface area contributed by atoms with Gasteiger partial charge in [0.05, 0.1) is 19.5 Å². The number of ether oxygens (including phenoxy) is 1. The number of oxime groups is 1. The Balaban J connectivity index is 1.69. The van der Waals surface area contributed by atoms with Gasteiger partial charge < -0.3 is 14.5 Å². The molecule has 0 unspecified atom stereocenters. The first-order valence-electron chi connectivity index (χ1n) is 8.28. The fourth-order valence-corrected chi connectivity index (χ4v) is 2.41. The molecule has 0 bridgehead atoms. The number of benzene rings is 2. The minimum absolute atomic E-state index is 0.0276. The molecule has 138 valence electrons. The van der Waals surface area contributed by atoms with Crippen molar-refractivity contribution >= 4 is 12.0 Å². The maximum absolute atomic E-state index is 14.1. The summed E-state index contributed by atoms with van der Waals surface area (Å²) in [6.07, 6.45) is 2.60. The Bertz CT molecular complexity index is 902.